The molecule has 0 saturated heterocycles. The van der Waals surface area contributed by atoms with Gasteiger partial charge in [-0.15, -0.1) is 0 Å². The number of hydrogen-bond acceptors (Lipinski definition) is 3. The van der Waals surface area contributed by atoms with Gasteiger partial charge in [-0.2, -0.15) is 13.2 Å². The summed E-state index contributed by atoms with van der Waals surface area (Å²) in [5.74, 6) is 0.194. The van der Waals surface area contributed by atoms with Gasteiger partial charge in [0.15, 0.2) is 0 Å². The van der Waals surface area contributed by atoms with Gasteiger partial charge < -0.3 is 10.5 Å². The molecule has 1 aliphatic carbocycles. The van der Waals surface area contributed by atoms with Crippen LogP contribution in [0.25, 0.3) is 0 Å². The van der Waals surface area contributed by atoms with Crippen LogP contribution in [0.1, 0.15) is 18.5 Å². The Bertz CT molecular complexity index is 375. The normalized spacial score (nSPS) is 25.0. The van der Waals surface area contributed by atoms with E-state index in [4.69, 9.17) is 10.5 Å². The Kier molecular flexibility index (Phi) is 2.75. The predicted octanol–water partition coefficient (Wildman–Crippen LogP) is 1.97. The summed E-state index contributed by atoms with van der Waals surface area (Å²) < 4.78 is 42.3. The second-order valence-corrected chi connectivity index (χ2v) is 3.85. The van der Waals surface area contributed by atoms with Crippen molar-refractivity contribution in [2.75, 3.05) is 0 Å². The van der Waals surface area contributed by atoms with Gasteiger partial charge in [-0.25, -0.2) is 0 Å². The Labute approximate surface area is 90.4 Å². The molecule has 6 heteroatoms. The van der Waals surface area contributed by atoms with Crippen LogP contribution in [0.2, 0.25) is 0 Å². The van der Waals surface area contributed by atoms with Crippen LogP contribution in [0.5, 0.6) is 5.75 Å². The van der Waals surface area contributed by atoms with E-state index in [1.165, 1.54) is 6.07 Å². The van der Waals surface area contributed by atoms with E-state index >= 15 is 0 Å². The zero-order valence-corrected chi connectivity index (χ0v) is 8.37. The van der Waals surface area contributed by atoms with Crippen molar-refractivity contribution in [3.05, 3.63) is 24.0 Å². The van der Waals surface area contributed by atoms with Crippen LogP contribution < -0.4 is 10.5 Å². The van der Waals surface area contributed by atoms with Gasteiger partial charge in [-0.05, 0) is 18.9 Å². The van der Waals surface area contributed by atoms with Crippen LogP contribution in [-0.2, 0) is 6.18 Å². The van der Waals surface area contributed by atoms with Crippen LogP contribution in [0.4, 0.5) is 13.2 Å². The molecule has 0 unspecified atom stereocenters. The third kappa shape index (κ3) is 2.44. The van der Waals surface area contributed by atoms with Gasteiger partial charge in [0.1, 0.15) is 17.5 Å². The van der Waals surface area contributed by atoms with Crippen molar-refractivity contribution in [3.63, 3.8) is 0 Å². The highest BCUT2D eigenvalue weighted by atomic mass is 19.4. The fourth-order valence-electron chi connectivity index (χ4n) is 1.53. The van der Waals surface area contributed by atoms with Crippen molar-refractivity contribution in [1.82, 2.24) is 4.98 Å². The molecular formula is C10H11F3N2O. The number of ether oxygens (including phenoxy) is 1. The van der Waals surface area contributed by atoms with Gasteiger partial charge in [-0.3, -0.25) is 4.98 Å². The lowest BCUT2D eigenvalue weighted by Gasteiger charge is -2.32. The highest BCUT2D eigenvalue weighted by molar-refractivity contribution is 5.24. The number of alkyl halides is 3. The molecular weight excluding hydrogens is 221 g/mol. The molecule has 0 bridgehead atoms. The van der Waals surface area contributed by atoms with Gasteiger partial charge in [0.2, 0.25) is 0 Å². The minimum Gasteiger partial charge on any atom is -0.490 e. The average molecular weight is 232 g/mol. The Morgan fingerprint density at radius 3 is 2.62 bits per heavy atom. The SMILES string of the molecule is NC1CC(Oc2ccnc(C(F)(F)F)c2)C1. The second kappa shape index (κ2) is 3.93. The number of aromatic nitrogens is 1. The highest BCUT2D eigenvalue weighted by Crippen LogP contribution is 2.31. The lowest BCUT2D eigenvalue weighted by Crippen LogP contribution is -2.43. The van der Waals surface area contributed by atoms with E-state index in [1.807, 2.05) is 0 Å². The Hall–Kier alpha value is -1.30. The molecule has 1 saturated carbocycles. The van der Waals surface area contributed by atoms with Crippen molar-refractivity contribution >= 4 is 0 Å². The van der Waals surface area contributed by atoms with Crippen LogP contribution in [0, 0.1) is 0 Å². The molecule has 0 aliphatic heterocycles. The summed E-state index contributed by atoms with van der Waals surface area (Å²) in [5, 5.41) is 0. The predicted molar refractivity (Wildman–Crippen MR) is 50.9 cm³/mol. The Balaban J connectivity index is 2.05. The first kappa shape index (κ1) is 11.2. The van der Waals surface area contributed by atoms with Gasteiger partial charge in [0.25, 0.3) is 0 Å². The summed E-state index contributed by atoms with van der Waals surface area (Å²) in [6, 6.07) is 2.43. The molecule has 3 nitrogen and oxygen atoms in total. The first-order valence-electron chi connectivity index (χ1n) is 4.90. The van der Waals surface area contributed by atoms with E-state index in [-0.39, 0.29) is 17.9 Å². The van der Waals surface area contributed by atoms with Gasteiger partial charge in [-0.1, -0.05) is 0 Å². The van der Waals surface area contributed by atoms with E-state index < -0.39 is 11.9 Å². The first-order chi connectivity index (χ1) is 7.45. The van der Waals surface area contributed by atoms with Crippen molar-refractivity contribution in [3.8, 4) is 5.75 Å². The minimum atomic E-state index is -4.44. The zero-order valence-electron chi connectivity index (χ0n) is 8.37. The van der Waals surface area contributed by atoms with E-state index in [0.29, 0.717) is 12.8 Å². The van der Waals surface area contributed by atoms with Gasteiger partial charge in [0.05, 0.1) is 0 Å². The quantitative estimate of drug-likeness (QED) is 0.848. The highest BCUT2D eigenvalue weighted by Gasteiger charge is 2.33. The summed E-state index contributed by atoms with van der Waals surface area (Å²) >= 11 is 0. The lowest BCUT2D eigenvalue weighted by atomic mass is 9.90. The third-order valence-corrected chi connectivity index (χ3v) is 2.46. The first-order valence-corrected chi connectivity index (χ1v) is 4.90. The largest absolute Gasteiger partial charge is 0.490 e. The molecule has 1 aromatic heterocycles. The fourth-order valence-corrected chi connectivity index (χ4v) is 1.53. The van der Waals surface area contributed by atoms with Crippen LogP contribution in [0.3, 0.4) is 0 Å². The molecule has 16 heavy (non-hydrogen) atoms. The maximum absolute atomic E-state index is 12.3. The van der Waals surface area contributed by atoms with Crippen molar-refractivity contribution in [1.29, 1.82) is 0 Å². The number of pyridine rings is 1. The average Bonchev–Trinajstić information content (AvgIpc) is 2.14. The van der Waals surface area contributed by atoms with Gasteiger partial charge in [0, 0.05) is 18.3 Å². The van der Waals surface area contributed by atoms with Gasteiger partial charge >= 0.3 is 6.18 Å². The monoisotopic (exact) mass is 232 g/mol. The molecule has 2 N–H and O–H groups in total. The maximum Gasteiger partial charge on any atom is 0.433 e. The Morgan fingerprint density at radius 2 is 2.06 bits per heavy atom. The summed E-state index contributed by atoms with van der Waals surface area (Å²) in [6.45, 7) is 0. The molecule has 0 spiro atoms. The molecule has 0 aromatic carbocycles. The maximum atomic E-state index is 12.3. The van der Waals surface area contributed by atoms with E-state index in [0.717, 1.165) is 12.3 Å². The standard InChI is InChI=1S/C10H11F3N2O/c11-10(12,13)9-5-7(1-2-15-9)16-8-3-6(14)4-8/h1-2,5-6,8H,3-4,14H2. The molecule has 2 rings (SSSR count). The number of rotatable bonds is 2. The van der Waals surface area contributed by atoms with E-state index in [2.05, 4.69) is 4.98 Å². The van der Waals surface area contributed by atoms with Crippen molar-refractivity contribution in [2.24, 2.45) is 5.73 Å². The summed E-state index contributed by atoms with van der Waals surface area (Å²) in [6.07, 6.45) is -2.04. The minimum absolute atomic E-state index is 0.0708. The number of hydrogen-bond donors (Lipinski definition) is 1. The van der Waals surface area contributed by atoms with E-state index in [1.54, 1.807) is 0 Å². The zero-order chi connectivity index (χ0) is 11.8. The smallest absolute Gasteiger partial charge is 0.433 e. The molecule has 0 radical (unpaired) electrons. The summed E-state index contributed by atoms with van der Waals surface area (Å²) in [4.78, 5) is 3.25. The molecule has 1 heterocycles. The summed E-state index contributed by atoms with van der Waals surface area (Å²) in [5.41, 5.74) is 4.61. The molecule has 1 fully saturated rings. The molecule has 88 valence electrons. The van der Waals surface area contributed by atoms with Crippen LogP contribution in [0.15, 0.2) is 18.3 Å². The van der Waals surface area contributed by atoms with Crippen LogP contribution in [-0.4, -0.2) is 17.1 Å². The number of nitrogens with two attached hydrogens (primary N) is 1. The van der Waals surface area contributed by atoms with Crippen molar-refractivity contribution in [2.45, 2.75) is 31.2 Å². The number of halogens is 3. The topological polar surface area (TPSA) is 48.1 Å². The third-order valence-electron chi connectivity index (χ3n) is 2.46. The van der Waals surface area contributed by atoms with Crippen LogP contribution >= 0.6 is 0 Å². The fraction of sp³-hybridized carbons (Fsp3) is 0.500. The molecule has 1 aromatic rings. The number of nitrogens with zero attached hydrogens (tertiary/aromatic N) is 1. The lowest BCUT2D eigenvalue weighted by molar-refractivity contribution is -0.141. The van der Waals surface area contributed by atoms with Crippen molar-refractivity contribution < 1.29 is 17.9 Å². The Morgan fingerprint density at radius 1 is 1.38 bits per heavy atom. The summed E-state index contributed by atoms with van der Waals surface area (Å²) in [7, 11) is 0. The molecule has 0 atom stereocenters. The molecule has 1 aliphatic rings. The second-order valence-electron chi connectivity index (χ2n) is 3.85. The molecule has 0 amide bonds. The van der Waals surface area contributed by atoms with E-state index in [9.17, 15) is 13.2 Å².